The molecule has 10 heteroatoms. The van der Waals surface area contributed by atoms with Gasteiger partial charge in [0.25, 0.3) is 0 Å². The maximum atomic E-state index is 11.7. The van der Waals surface area contributed by atoms with Gasteiger partial charge in [-0.15, -0.1) is 0 Å². The Hall–Kier alpha value is -2.80. The quantitative estimate of drug-likeness (QED) is 0.340. The van der Waals surface area contributed by atoms with Crippen LogP contribution in [0.25, 0.3) is 0 Å². The van der Waals surface area contributed by atoms with Crippen molar-refractivity contribution in [1.82, 2.24) is 14.7 Å². The summed E-state index contributed by atoms with van der Waals surface area (Å²) in [6.45, 7) is 0.765. The van der Waals surface area contributed by atoms with Crippen molar-refractivity contribution in [2.75, 3.05) is 19.6 Å². The number of hydrogen-bond acceptors (Lipinski definition) is 6. The van der Waals surface area contributed by atoms with Crippen LogP contribution in [0.3, 0.4) is 0 Å². The Bertz CT molecular complexity index is 683. The van der Waals surface area contributed by atoms with Crippen molar-refractivity contribution < 1.29 is 28.8 Å². The Labute approximate surface area is 165 Å². The van der Waals surface area contributed by atoms with Crippen LogP contribution in [0.4, 0.5) is 0 Å². The summed E-state index contributed by atoms with van der Waals surface area (Å²) in [4.78, 5) is 73.8. The number of nitrogens with zero attached hydrogens (tertiary/aromatic N) is 3. The minimum absolute atomic E-state index is 0.255. The first kappa shape index (κ1) is 19.9. The molecule has 6 amide bonds. The zero-order chi connectivity index (χ0) is 20.3. The molecule has 0 spiro atoms. The van der Waals surface area contributed by atoms with Crippen molar-refractivity contribution in [2.45, 2.75) is 15.6 Å². The molecular weight excluding hydrogens is 429 g/mol. The predicted octanol–water partition coefficient (Wildman–Crippen LogP) is -0.744. The van der Waals surface area contributed by atoms with Gasteiger partial charge in [-0.25, -0.2) is 0 Å². The van der Waals surface area contributed by atoms with E-state index in [0.717, 1.165) is 14.7 Å². The second-order valence-corrected chi connectivity index (χ2v) is 12.0. The fourth-order valence-electron chi connectivity index (χ4n) is 3.01. The first-order chi connectivity index (χ1) is 13.4. The summed E-state index contributed by atoms with van der Waals surface area (Å²) in [5.41, 5.74) is 0. The number of hydrogen-bond donors (Lipinski definition) is 0. The van der Waals surface area contributed by atoms with E-state index in [1.807, 2.05) is 0 Å². The van der Waals surface area contributed by atoms with E-state index in [0.29, 0.717) is 15.6 Å². The number of carbonyl (C=O) groups is 6. The van der Waals surface area contributed by atoms with Gasteiger partial charge in [0.2, 0.25) is 0 Å². The zero-order valence-corrected chi connectivity index (χ0v) is 16.8. The van der Waals surface area contributed by atoms with Crippen LogP contribution < -0.4 is 0 Å². The van der Waals surface area contributed by atoms with Crippen molar-refractivity contribution >= 4 is 50.1 Å². The van der Waals surface area contributed by atoms with Gasteiger partial charge in [0.15, 0.2) is 0 Å². The van der Waals surface area contributed by atoms with Crippen molar-refractivity contribution in [1.29, 1.82) is 0 Å². The SMILES string of the molecule is O=C1C=CC(=O)N1CC[As](CCN1C(=O)C=CC1=O)CCN1C(=O)C=CC1=O. The summed E-state index contributed by atoms with van der Waals surface area (Å²) in [5, 5.41) is 1.75. The molecule has 3 heterocycles. The van der Waals surface area contributed by atoms with Gasteiger partial charge in [-0.3, -0.25) is 0 Å². The molecule has 0 aromatic heterocycles. The molecule has 28 heavy (non-hydrogen) atoms. The molecule has 3 rings (SSSR count). The Balaban J connectivity index is 1.58. The third kappa shape index (κ3) is 4.36. The van der Waals surface area contributed by atoms with Crippen molar-refractivity contribution in [3.63, 3.8) is 0 Å². The van der Waals surface area contributed by atoms with E-state index in [1.54, 1.807) is 0 Å². The van der Waals surface area contributed by atoms with Crippen LogP contribution in [-0.4, -0.2) is 84.4 Å². The second-order valence-electron chi connectivity index (χ2n) is 6.33. The molecule has 0 fully saturated rings. The molecule has 9 nitrogen and oxygen atoms in total. The molecule has 0 aromatic rings. The van der Waals surface area contributed by atoms with E-state index < -0.39 is 14.7 Å². The summed E-state index contributed by atoms with van der Waals surface area (Å²) in [6.07, 6.45) is 7.33. The first-order valence-corrected chi connectivity index (χ1v) is 12.7. The monoisotopic (exact) mass is 447 g/mol. The molecule has 0 aliphatic carbocycles. The Kier molecular flexibility index (Phi) is 6.04. The van der Waals surface area contributed by atoms with E-state index in [2.05, 4.69) is 0 Å². The van der Waals surface area contributed by atoms with E-state index >= 15 is 0 Å². The maximum absolute atomic E-state index is 11.7. The summed E-state index contributed by atoms with van der Waals surface area (Å²) in [5.74, 6) is -2.15. The van der Waals surface area contributed by atoms with Crippen molar-refractivity contribution in [3.8, 4) is 0 Å². The summed E-state index contributed by atoms with van der Waals surface area (Å²) < 4.78 is 0. The molecule has 0 unspecified atom stereocenters. The Morgan fingerprint density at radius 1 is 0.464 bits per heavy atom. The Morgan fingerprint density at radius 3 is 0.893 bits per heavy atom. The molecule has 0 saturated carbocycles. The molecule has 0 radical (unpaired) electrons. The van der Waals surface area contributed by atoms with E-state index in [-0.39, 0.29) is 55.1 Å². The third-order valence-electron chi connectivity index (χ3n) is 4.62. The van der Waals surface area contributed by atoms with Gasteiger partial charge in [0.05, 0.1) is 0 Å². The summed E-state index contributed by atoms with van der Waals surface area (Å²) in [7, 11) is 0. The van der Waals surface area contributed by atoms with Crippen LogP contribution in [0, 0.1) is 0 Å². The second kappa shape index (κ2) is 8.48. The van der Waals surface area contributed by atoms with E-state index in [1.165, 1.54) is 36.5 Å². The number of rotatable bonds is 9. The standard InChI is InChI=1S/C18H18AsN3O6/c23-13-1-2-14(24)20(13)10-7-19(8-11-21-15(25)3-4-16(21)26)9-12-22-17(27)5-6-18(22)28/h1-6H,7-12H2. The van der Waals surface area contributed by atoms with E-state index in [4.69, 9.17) is 0 Å². The molecule has 0 aromatic carbocycles. The van der Waals surface area contributed by atoms with E-state index in [9.17, 15) is 28.8 Å². The van der Waals surface area contributed by atoms with Crippen molar-refractivity contribution in [3.05, 3.63) is 36.5 Å². The molecular formula is C18H18AsN3O6. The predicted molar refractivity (Wildman–Crippen MR) is 97.8 cm³/mol. The molecule has 0 N–H and O–H groups in total. The van der Waals surface area contributed by atoms with Crippen LogP contribution in [0.2, 0.25) is 15.6 Å². The van der Waals surface area contributed by atoms with Gasteiger partial charge in [-0.05, 0) is 0 Å². The van der Waals surface area contributed by atoms with Gasteiger partial charge in [-0.1, -0.05) is 0 Å². The van der Waals surface area contributed by atoms with Crippen LogP contribution in [0.5, 0.6) is 0 Å². The Morgan fingerprint density at radius 2 is 0.679 bits per heavy atom. The number of amides is 6. The number of imide groups is 3. The molecule has 3 aliphatic heterocycles. The minimum atomic E-state index is -1.77. The average molecular weight is 447 g/mol. The zero-order valence-electron chi connectivity index (χ0n) is 14.9. The third-order valence-corrected chi connectivity index (χ3v) is 9.86. The van der Waals surface area contributed by atoms with Crippen LogP contribution >= 0.6 is 0 Å². The molecule has 0 saturated heterocycles. The van der Waals surface area contributed by atoms with Gasteiger partial charge < -0.3 is 0 Å². The topological polar surface area (TPSA) is 112 Å². The van der Waals surface area contributed by atoms with Gasteiger partial charge in [0.1, 0.15) is 0 Å². The van der Waals surface area contributed by atoms with Crippen LogP contribution in [0.1, 0.15) is 0 Å². The molecule has 0 bridgehead atoms. The average Bonchev–Trinajstić information content (AvgIpc) is 3.27. The van der Waals surface area contributed by atoms with Gasteiger partial charge in [-0.2, -0.15) is 0 Å². The van der Waals surface area contributed by atoms with Gasteiger partial charge >= 0.3 is 165 Å². The number of carbonyl (C=O) groups excluding carboxylic acids is 6. The fraction of sp³-hybridized carbons (Fsp3) is 0.333. The van der Waals surface area contributed by atoms with Crippen molar-refractivity contribution in [2.24, 2.45) is 0 Å². The molecule has 3 aliphatic rings. The van der Waals surface area contributed by atoms with Crippen LogP contribution in [-0.2, 0) is 28.8 Å². The van der Waals surface area contributed by atoms with Gasteiger partial charge in [0, 0.05) is 0 Å². The first-order valence-electron chi connectivity index (χ1n) is 8.70. The summed E-state index contributed by atoms with van der Waals surface area (Å²) >= 11 is -1.77. The molecule has 146 valence electrons. The van der Waals surface area contributed by atoms with Crippen LogP contribution in [0.15, 0.2) is 36.5 Å². The summed E-state index contributed by atoms with van der Waals surface area (Å²) in [6, 6.07) is 0. The normalized spacial score (nSPS) is 19.0. The fourth-order valence-corrected chi connectivity index (χ4v) is 7.46. The molecule has 0 atom stereocenters.